The molecule has 0 spiro atoms. The van der Waals surface area contributed by atoms with Crippen molar-refractivity contribution in [3.63, 3.8) is 0 Å². The zero-order chi connectivity index (χ0) is 13.2. The minimum Gasteiger partial charge on any atom is -0.352 e. The summed E-state index contributed by atoms with van der Waals surface area (Å²) in [4.78, 5) is 12.1. The van der Waals surface area contributed by atoms with E-state index in [4.69, 9.17) is 0 Å². The average molecular weight is 258 g/mol. The van der Waals surface area contributed by atoms with Gasteiger partial charge in [0.2, 0.25) is 5.91 Å². The standard InChI is InChI=1S/C16H22N2O/c1-11-3-2-4-15(11)16(19)18-8-12-5-6-13-9-17-10-14(13)7-12/h5-7,11,15,17H,2-4,8-10H2,1H3,(H,18,19). The molecule has 3 nitrogen and oxygen atoms in total. The summed E-state index contributed by atoms with van der Waals surface area (Å²) in [5.41, 5.74) is 3.97. The molecule has 0 bridgehead atoms. The van der Waals surface area contributed by atoms with Gasteiger partial charge in [-0.1, -0.05) is 31.5 Å². The largest absolute Gasteiger partial charge is 0.352 e. The van der Waals surface area contributed by atoms with Gasteiger partial charge in [0, 0.05) is 25.6 Å². The lowest BCUT2D eigenvalue weighted by atomic mass is 9.97. The number of carbonyl (C=O) groups is 1. The zero-order valence-corrected chi connectivity index (χ0v) is 11.5. The molecule has 19 heavy (non-hydrogen) atoms. The van der Waals surface area contributed by atoms with Crippen LogP contribution >= 0.6 is 0 Å². The van der Waals surface area contributed by atoms with E-state index in [1.54, 1.807) is 0 Å². The van der Waals surface area contributed by atoms with Crippen LogP contribution in [0.5, 0.6) is 0 Å². The van der Waals surface area contributed by atoms with Crippen LogP contribution in [0.25, 0.3) is 0 Å². The van der Waals surface area contributed by atoms with E-state index in [9.17, 15) is 4.79 Å². The summed E-state index contributed by atoms with van der Waals surface area (Å²) in [6.45, 7) is 4.78. The van der Waals surface area contributed by atoms with Crippen molar-refractivity contribution < 1.29 is 4.79 Å². The molecule has 1 aromatic carbocycles. The van der Waals surface area contributed by atoms with Gasteiger partial charge in [-0.3, -0.25) is 4.79 Å². The van der Waals surface area contributed by atoms with Crippen LogP contribution in [0.15, 0.2) is 18.2 Å². The van der Waals surface area contributed by atoms with Crippen LogP contribution in [0.1, 0.15) is 42.9 Å². The molecule has 0 aromatic heterocycles. The van der Waals surface area contributed by atoms with Crippen LogP contribution in [0.2, 0.25) is 0 Å². The molecule has 1 aliphatic heterocycles. The summed E-state index contributed by atoms with van der Waals surface area (Å²) in [5, 5.41) is 6.45. The van der Waals surface area contributed by atoms with Gasteiger partial charge in [-0.25, -0.2) is 0 Å². The monoisotopic (exact) mass is 258 g/mol. The van der Waals surface area contributed by atoms with E-state index in [1.165, 1.54) is 29.5 Å². The van der Waals surface area contributed by atoms with Crippen LogP contribution in [0, 0.1) is 11.8 Å². The number of hydrogen-bond acceptors (Lipinski definition) is 2. The van der Waals surface area contributed by atoms with E-state index >= 15 is 0 Å². The molecule has 102 valence electrons. The predicted molar refractivity (Wildman–Crippen MR) is 75.3 cm³/mol. The highest BCUT2D eigenvalue weighted by atomic mass is 16.1. The summed E-state index contributed by atoms with van der Waals surface area (Å²) in [7, 11) is 0. The Hall–Kier alpha value is -1.35. The summed E-state index contributed by atoms with van der Waals surface area (Å²) in [6, 6.07) is 6.52. The number of amides is 1. The van der Waals surface area contributed by atoms with Crippen molar-refractivity contribution in [3.05, 3.63) is 34.9 Å². The molecule has 3 heteroatoms. The van der Waals surface area contributed by atoms with Crippen LogP contribution in [0.4, 0.5) is 0 Å². The Balaban J connectivity index is 1.58. The first-order chi connectivity index (χ1) is 9.24. The minimum absolute atomic E-state index is 0.232. The summed E-state index contributed by atoms with van der Waals surface area (Å²) >= 11 is 0. The maximum atomic E-state index is 12.1. The Morgan fingerprint density at radius 1 is 1.32 bits per heavy atom. The van der Waals surface area contributed by atoms with E-state index in [0.717, 1.165) is 19.5 Å². The number of fused-ring (bicyclic) bond motifs is 1. The maximum Gasteiger partial charge on any atom is 0.223 e. The van der Waals surface area contributed by atoms with Gasteiger partial charge < -0.3 is 10.6 Å². The topological polar surface area (TPSA) is 41.1 Å². The quantitative estimate of drug-likeness (QED) is 0.873. The molecule has 1 aliphatic carbocycles. The van der Waals surface area contributed by atoms with Gasteiger partial charge in [0.25, 0.3) is 0 Å². The minimum atomic E-state index is 0.232. The molecule has 2 aliphatic rings. The molecule has 0 saturated heterocycles. The van der Waals surface area contributed by atoms with Crippen LogP contribution in [-0.4, -0.2) is 5.91 Å². The molecule has 1 fully saturated rings. The molecule has 2 unspecified atom stereocenters. The molecular weight excluding hydrogens is 236 g/mol. The van der Waals surface area contributed by atoms with Crippen LogP contribution in [0.3, 0.4) is 0 Å². The number of nitrogens with one attached hydrogen (secondary N) is 2. The average Bonchev–Trinajstić information content (AvgIpc) is 3.03. The number of hydrogen-bond donors (Lipinski definition) is 2. The van der Waals surface area contributed by atoms with Crippen molar-refractivity contribution in [2.24, 2.45) is 11.8 Å². The second-order valence-electron chi connectivity index (χ2n) is 5.94. The fourth-order valence-corrected chi connectivity index (χ4v) is 3.31. The fraction of sp³-hybridized carbons (Fsp3) is 0.562. The second-order valence-corrected chi connectivity index (χ2v) is 5.94. The van der Waals surface area contributed by atoms with E-state index in [1.807, 2.05) is 0 Å². The van der Waals surface area contributed by atoms with Crippen molar-refractivity contribution in [3.8, 4) is 0 Å². The third-order valence-electron chi connectivity index (χ3n) is 4.57. The van der Waals surface area contributed by atoms with Crippen molar-refractivity contribution in [1.29, 1.82) is 0 Å². The lowest BCUT2D eigenvalue weighted by molar-refractivity contribution is -0.126. The number of rotatable bonds is 3. The predicted octanol–water partition coefficient (Wildman–Crippen LogP) is 2.34. The van der Waals surface area contributed by atoms with E-state index in [0.29, 0.717) is 12.5 Å². The molecule has 3 rings (SSSR count). The van der Waals surface area contributed by atoms with Crippen molar-refractivity contribution in [1.82, 2.24) is 10.6 Å². The first kappa shape index (κ1) is 12.7. The highest BCUT2D eigenvalue weighted by Gasteiger charge is 2.29. The Morgan fingerprint density at radius 3 is 2.95 bits per heavy atom. The van der Waals surface area contributed by atoms with Gasteiger partial charge in [0.1, 0.15) is 0 Å². The molecule has 2 atom stereocenters. The second kappa shape index (κ2) is 5.33. The molecule has 1 heterocycles. The maximum absolute atomic E-state index is 12.1. The lowest BCUT2D eigenvalue weighted by Crippen LogP contribution is -2.31. The van der Waals surface area contributed by atoms with E-state index in [2.05, 4.69) is 35.8 Å². The smallest absolute Gasteiger partial charge is 0.223 e. The SMILES string of the molecule is CC1CCCC1C(=O)NCc1ccc2c(c1)CNC2. The van der Waals surface area contributed by atoms with Gasteiger partial charge >= 0.3 is 0 Å². The normalized spacial score (nSPS) is 25.3. The van der Waals surface area contributed by atoms with Crippen molar-refractivity contribution >= 4 is 5.91 Å². The van der Waals surface area contributed by atoms with Gasteiger partial charge in [-0.05, 0) is 35.4 Å². The number of carbonyl (C=O) groups excluding carboxylic acids is 1. The highest BCUT2D eigenvalue weighted by Crippen LogP contribution is 2.31. The first-order valence-electron chi connectivity index (χ1n) is 7.33. The summed E-state index contributed by atoms with van der Waals surface area (Å²) in [6.07, 6.45) is 3.45. The van der Waals surface area contributed by atoms with Gasteiger partial charge in [0.05, 0.1) is 0 Å². The summed E-state index contributed by atoms with van der Waals surface area (Å²) in [5.74, 6) is 1.02. The van der Waals surface area contributed by atoms with Crippen molar-refractivity contribution in [2.75, 3.05) is 0 Å². The molecular formula is C16H22N2O. The molecule has 1 saturated carbocycles. The van der Waals surface area contributed by atoms with Crippen LogP contribution < -0.4 is 10.6 Å². The Bertz CT molecular complexity index is 484. The van der Waals surface area contributed by atoms with Crippen LogP contribution in [-0.2, 0) is 24.4 Å². The zero-order valence-electron chi connectivity index (χ0n) is 11.5. The van der Waals surface area contributed by atoms with E-state index < -0.39 is 0 Å². The van der Waals surface area contributed by atoms with Gasteiger partial charge in [-0.15, -0.1) is 0 Å². The van der Waals surface area contributed by atoms with Crippen molar-refractivity contribution in [2.45, 2.75) is 45.8 Å². The molecule has 1 aromatic rings. The Labute approximate surface area is 114 Å². The number of benzene rings is 1. The summed E-state index contributed by atoms with van der Waals surface area (Å²) < 4.78 is 0. The van der Waals surface area contributed by atoms with Gasteiger partial charge in [-0.2, -0.15) is 0 Å². The fourth-order valence-electron chi connectivity index (χ4n) is 3.31. The third-order valence-corrected chi connectivity index (χ3v) is 4.57. The third kappa shape index (κ3) is 2.66. The Morgan fingerprint density at radius 2 is 2.16 bits per heavy atom. The lowest BCUT2D eigenvalue weighted by Gasteiger charge is -2.15. The van der Waals surface area contributed by atoms with Gasteiger partial charge in [0.15, 0.2) is 0 Å². The molecule has 1 amide bonds. The molecule has 0 radical (unpaired) electrons. The first-order valence-corrected chi connectivity index (χ1v) is 7.33. The molecule has 2 N–H and O–H groups in total. The Kier molecular flexibility index (Phi) is 3.56. The highest BCUT2D eigenvalue weighted by molar-refractivity contribution is 5.79. The van der Waals surface area contributed by atoms with E-state index in [-0.39, 0.29) is 11.8 Å².